The SMILES string of the molecule is COC(=O)C(NC(=O)N(C)C)C(O)c1ccc(OC)cc1. The summed E-state index contributed by atoms with van der Waals surface area (Å²) in [6.45, 7) is 0. The third-order valence-electron chi connectivity index (χ3n) is 2.91. The van der Waals surface area contributed by atoms with E-state index >= 15 is 0 Å². The molecule has 0 aliphatic rings. The number of aliphatic hydroxyl groups excluding tert-OH is 1. The smallest absolute Gasteiger partial charge is 0.331 e. The maximum atomic E-state index is 11.8. The van der Waals surface area contributed by atoms with E-state index in [0.717, 1.165) is 0 Å². The standard InChI is InChI=1S/C14H20N2O5/c1-16(2)14(19)15-11(13(18)21-4)12(17)9-5-7-10(20-3)8-6-9/h5-8,11-12,17H,1-4H3,(H,15,19). The van der Waals surface area contributed by atoms with Crippen LogP contribution in [0.25, 0.3) is 0 Å². The summed E-state index contributed by atoms with van der Waals surface area (Å²) in [5.41, 5.74) is 0.463. The van der Waals surface area contributed by atoms with Gasteiger partial charge in [0.05, 0.1) is 14.2 Å². The van der Waals surface area contributed by atoms with E-state index < -0.39 is 24.1 Å². The molecule has 0 radical (unpaired) electrons. The third-order valence-corrected chi connectivity index (χ3v) is 2.91. The number of nitrogens with zero attached hydrogens (tertiary/aromatic N) is 1. The Bertz CT molecular complexity index is 487. The fourth-order valence-corrected chi connectivity index (χ4v) is 1.65. The van der Waals surface area contributed by atoms with Crippen molar-refractivity contribution < 1.29 is 24.2 Å². The van der Waals surface area contributed by atoms with Gasteiger partial charge in [-0.3, -0.25) is 0 Å². The van der Waals surface area contributed by atoms with Crippen molar-refractivity contribution in [1.82, 2.24) is 10.2 Å². The minimum Gasteiger partial charge on any atom is -0.497 e. The van der Waals surface area contributed by atoms with Gasteiger partial charge in [-0.2, -0.15) is 0 Å². The Balaban J connectivity index is 2.95. The molecule has 2 amide bonds. The Morgan fingerprint density at radius 1 is 1.19 bits per heavy atom. The van der Waals surface area contributed by atoms with Gasteiger partial charge in [-0.05, 0) is 17.7 Å². The molecule has 2 atom stereocenters. The second-order valence-corrected chi connectivity index (χ2v) is 4.56. The average molecular weight is 296 g/mol. The van der Waals surface area contributed by atoms with Gasteiger partial charge in [0.25, 0.3) is 0 Å². The molecule has 116 valence electrons. The Hall–Kier alpha value is -2.28. The van der Waals surface area contributed by atoms with E-state index in [2.05, 4.69) is 10.1 Å². The first-order valence-electron chi connectivity index (χ1n) is 6.28. The van der Waals surface area contributed by atoms with Crippen molar-refractivity contribution in [3.8, 4) is 5.75 Å². The molecular weight excluding hydrogens is 276 g/mol. The Labute approximate surface area is 123 Å². The second-order valence-electron chi connectivity index (χ2n) is 4.56. The van der Waals surface area contributed by atoms with E-state index in [1.54, 1.807) is 24.3 Å². The summed E-state index contributed by atoms with van der Waals surface area (Å²) < 4.78 is 9.65. The van der Waals surface area contributed by atoms with Crippen LogP contribution in [-0.4, -0.2) is 56.4 Å². The number of hydrogen-bond donors (Lipinski definition) is 2. The topological polar surface area (TPSA) is 88.1 Å². The number of amides is 2. The van der Waals surface area contributed by atoms with Crippen LogP contribution in [0.3, 0.4) is 0 Å². The number of rotatable bonds is 5. The highest BCUT2D eigenvalue weighted by Gasteiger charge is 2.31. The van der Waals surface area contributed by atoms with Crippen molar-refractivity contribution in [2.24, 2.45) is 0 Å². The number of nitrogens with one attached hydrogen (secondary N) is 1. The van der Waals surface area contributed by atoms with E-state index in [0.29, 0.717) is 11.3 Å². The molecule has 0 saturated carbocycles. The molecule has 0 spiro atoms. The van der Waals surface area contributed by atoms with E-state index in [-0.39, 0.29) is 0 Å². The predicted molar refractivity (Wildman–Crippen MR) is 76.0 cm³/mol. The lowest BCUT2D eigenvalue weighted by atomic mass is 10.0. The first kappa shape index (κ1) is 16.8. The summed E-state index contributed by atoms with van der Waals surface area (Å²) in [6, 6.07) is 4.83. The Kier molecular flexibility index (Phi) is 5.98. The summed E-state index contributed by atoms with van der Waals surface area (Å²) in [5, 5.41) is 12.7. The molecule has 0 aliphatic heterocycles. The van der Waals surface area contributed by atoms with Crippen LogP contribution < -0.4 is 10.1 Å². The van der Waals surface area contributed by atoms with Gasteiger partial charge in [0.2, 0.25) is 0 Å². The fourth-order valence-electron chi connectivity index (χ4n) is 1.65. The van der Waals surface area contributed by atoms with Crippen LogP contribution in [0.1, 0.15) is 11.7 Å². The molecule has 0 bridgehead atoms. The van der Waals surface area contributed by atoms with Gasteiger partial charge < -0.3 is 24.8 Å². The molecular formula is C14H20N2O5. The number of methoxy groups -OCH3 is 2. The average Bonchev–Trinajstić information content (AvgIpc) is 2.50. The van der Waals surface area contributed by atoms with Gasteiger partial charge in [0.15, 0.2) is 6.04 Å². The summed E-state index contributed by atoms with van der Waals surface area (Å²) in [4.78, 5) is 24.7. The second kappa shape index (κ2) is 7.49. The molecule has 0 fully saturated rings. The van der Waals surface area contributed by atoms with Crippen molar-refractivity contribution >= 4 is 12.0 Å². The van der Waals surface area contributed by atoms with Gasteiger partial charge in [0, 0.05) is 14.1 Å². The summed E-state index contributed by atoms with van der Waals surface area (Å²) in [5.74, 6) is -0.105. The normalized spacial score (nSPS) is 13.0. The quantitative estimate of drug-likeness (QED) is 0.774. The molecule has 0 heterocycles. The number of aliphatic hydroxyl groups is 1. The van der Waals surface area contributed by atoms with Crippen LogP contribution in [-0.2, 0) is 9.53 Å². The van der Waals surface area contributed by atoms with Crippen LogP contribution in [0.4, 0.5) is 4.79 Å². The minimum absolute atomic E-state index is 0.463. The Morgan fingerprint density at radius 3 is 2.19 bits per heavy atom. The van der Waals surface area contributed by atoms with Crippen molar-refractivity contribution in [2.75, 3.05) is 28.3 Å². The maximum Gasteiger partial charge on any atom is 0.331 e. The van der Waals surface area contributed by atoms with Crippen molar-refractivity contribution in [3.05, 3.63) is 29.8 Å². The van der Waals surface area contributed by atoms with Crippen molar-refractivity contribution in [3.63, 3.8) is 0 Å². The zero-order valence-electron chi connectivity index (χ0n) is 12.5. The van der Waals surface area contributed by atoms with E-state index in [9.17, 15) is 14.7 Å². The third kappa shape index (κ3) is 4.35. The lowest BCUT2D eigenvalue weighted by Gasteiger charge is -2.24. The van der Waals surface area contributed by atoms with Crippen LogP contribution in [0.2, 0.25) is 0 Å². The van der Waals surface area contributed by atoms with Crippen LogP contribution >= 0.6 is 0 Å². The van der Waals surface area contributed by atoms with Gasteiger partial charge in [-0.1, -0.05) is 12.1 Å². The molecule has 2 N–H and O–H groups in total. The van der Waals surface area contributed by atoms with Gasteiger partial charge in [-0.25, -0.2) is 9.59 Å². The molecule has 21 heavy (non-hydrogen) atoms. The number of carbonyl (C=O) groups excluding carboxylic acids is 2. The zero-order chi connectivity index (χ0) is 16.0. The lowest BCUT2D eigenvalue weighted by molar-refractivity contribution is -0.146. The summed E-state index contributed by atoms with van der Waals surface area (Å²) in [6.07, 6.45) is -1.23. The fraction of sp³-hybridized carbons (Fsp3) is 0.429. The number of hydrogen-bond acceptors (Lipinski definition) is 5. The van der Waals surface area contributed by atoms with E-state index in [1.807, 2.05) is 0 Å². The summed E-state index contributed by atoms with van der Waals surface area (Å²) >= 11 is 0. The predicted octanol–water partition coefficient (Wildman–Crippen LogP) is 0.541. The maximum absolute atomic E-state index is 11.8. The molecule has 0 aromatic heterocycles. The highest BCUT2D eigenvalue weighted by molar-refractivity contribution is 5.84. The zero-order valence-corrected chi connectivity index (χ0v) is 12.5. The van der Waals surface area contributed by atoms with Gasteiger partial charge in [-0.15, -0.1) is 0 Å². The van der Waals surface area contributed by atoms with E-state index in [4.69, 9.17) is 4.74 Å². The summed E-state index contributed by atoms with van der Waals surface area (Å²) in [7, 11) is 5.78. The number of urea groups is 1. The number of benzene rings is 1. The van der Waals surface area contributed by atoms with Crippen LogP contribution in [0, 0.1) is 0 Å². The van der Waals surface area contributed by atoms with Gasteiger partial charge >= 0.3 is 12.0 Å². The van der Waals surface area contributed by atoms with E-state index in [1.165, 1.54) is 33.2 Å². The number of carbonyl (C=O) groups is 2. The van der Waals surface area contributed by atoms with Gasteiger partial charge in [0.1, 0.15) is 11.9 Å². The number of esters is 1. The molecule has 2 unspecified atom stereocenters. The molecule has 7 nitrogen and oxygen atoms in total. The lowest BCUT2D eigenvalue weighted by Crippen LogP contribution is -2.49. The van der Waals surface area contributed by atoms with Crippen molar-refractivity contribution in [2.45, 2.75) is 12.1 Å². The minimum atomic E-state index is -1.23. The first-order valence-corrected chi connectivity index (χ1v) is 6.28. The highest BCUT2D eigenvalue weighted by Crippen LogP contribution is 2.21. The Morgan fingerprint density at radius 2 is 1.76 bits per heavy atom. The van der Waals surface area contributed by atoms with Crippen LogP contribution in [0.5, 0.6) is 5.75 Å². The largest absolute Gasteiger partial charge is 0.497 e. The molecule has 1 rings (SSSR count). The molecule has 0 saturated heterocycles. The van der Waals surface area contributed by atoms with Crippen LogP contribution in [0.15, 0.2) is 24.3 Å². The molecule has 7 heteroatoms. The monoisotopic (exact) mass is 296 g/mol. The molecule has 1 aromatic carbocycles. The molecule has 0 aliphatic carbocycles. The van der Waals surface area contributed by atoms with Crippen molar-refractivity contribution in [1.29, 1.82) is 0 Å². The first-order chi connectivity index (χ1) is 9.90. The molecule has 1 aromatic rings. The highest BCUT2D eigenvalue weighted by atomic mass is 16.5. The number of ether oxygens (including phenoxy) is 2.